The summed E-state index contributed by atoms with van der Waals surface area (Å²) in [6.07, 6.45) is 0. The van der Waals surface area contributed by atoms with Crippen molar-refractivity contribution in [2.45, 2.75) is 0 Å². The van der Waals surface area contributed by atoms with E-state index in [1.54, 1.807) is 0 Å². The normalized spacial score (nSPS) is 11.2. The number of rotatable bonds is 6. The number of hydrogen-bond acceptors (Lipinski definition) is 2. The van der Waals surface area contributed by atoms with Crippen LogP contribution in [0.3, 0.4) is 0 Å². The first kappa shape index (κ1) is 29.5. The summed E-state index contributed by atoms with van der Waals surface area (Å²) in [6, 6.07) is 68.6. The molecule has 0 unspecified atom stereocenters. The van der Waals surface area contributed by atoms with E-state index in [-0.39, 0.29) is 0 Å². The van der Waals surface area contributed by atoms with Crippen LogP contribution in [-0.2, 0) is 0 Å². The highest BCUT2D eigenvalue weighted by atomic mass is 14.7. The van der Waals surface area contributed by atoms with Gasteiger partial charge in [0.2, 0.25) is 0 Å². The Balaban J connectivity index is 1.23. The minimum Gasteiger partial charge on any atom is -0.248 e. The molecular formula is C48H32N2. The molecule has 0 aliphatic rings. The van der Waals surface area contributed by atoms with Crippen molar-refractivity contribution in [1.29, 1.82) is 0 Å². The van der Waals surface area contributed by atoms with Gasteiger partial charge in [0.15, 0.2) is 0 Å². The van der Waals surface area contributed by atoms with Crippen LogP contribution in [0.1, 0.15) is 0 Å². The lowest BCUT2D eigenvalue weighted by molar-refractivity contribution is 1.32. The van der Waals surface area contributed by atoms with Crippen molar-refractivity contribution in [1.82, 2.24) is 9.97 Å². The van der Waals surface area contributed by atoms with Crippen molar-refractivity contribution < 1.29 is 0 Å². The van der Waals surface area contributed by atoms with Crippen LogP contribution in [0.15, 0.2) is 194 Å². The molecule has 2 heteroatoms. The third-order valence-electron chi connectivity index (χ3n) is 9.46. The molecule has 234 valence electrons. The monoisotopic (exact) mass is 636 g/mol. The Kier molecular flexibility index (Phi) is 7.53. The summed E-state index contributed by atoms with van der Waals surface area (Å²) in [5.74, 6) is 0. The Morgan fingerprint density at radius 2 is 0.720 bits per heavy atom. The smallest absolute Gasteiger partial charge is 0.0722 e. The van der Waals surface area contributed by atoms with Crippen LogP contribution in [0.4, 0.5) is 0 Å². The lowest BCUT2D eigenvalue weighted by Gasteiger charge is -2.15. The maximum absolute atomic E-state index is 5.21. The summed E-state index contributed by atoms with van der Waals surface area (Å²) >= 11 is 0. The predicted molar refractivity (Wildman–Crippen MR) is 210 cm³/mol. The zero-order valence-corrected chi connectivity index (χ0v) is 27.4. The van der Waals surface area contributed by atoms with Crippen molar-refractivity contribution >= 4 is 21.7 Å². The fourth-order valence-corrected chi connectivity index (χ4v) is 6.90. The second kappa shape index (κ2) is 12.8. The van der Waals surface area contributed by atoms with Gasteiger partial charge in [-0.2, -0.15) is 0 Å². The van der Waals surface area contributed by atoms with Crippen LogP contribution in [0.2, 0.25) is 0 Å². The summed E-state index contributed by atoms with van der Waals surface area (Å²) < 4.78 is 0. The third-order valence-corrected chi connectivity index (χ3v) is 9.46. The van der Waals surface area contributed by atoms with E-state index >= 15 is 0 Å². The molecule has 0 fully saturated rings. The van der Waals surface area contributed by atoms with Crippen molar-refractivity contribution in [2.75, 3.05) is 0 Å². The molecule has 0 aliphatic carbocycles. The molecule has 0 N–H and O–H groups in total. The fourth-order valence-electron chi connectivity index (χ4n) is 6.90. The number of aromatic nitrogens is 2. The van der Waals surface area contributed by atoms with E-state index in [1.807, 2.05) is 12.1 Å². The highest BCUT2D eigenvalue weighted by Crippen LogP contribution is 2.39. The zero-order chi connectivity index (χ0) is 33.3. The molecule has 7 aromatic carbocycles. The Morgan fingerprint density at radius 1 is 0.280 bits per heavy atom. The van der Waals surface area contributed by atoms with Crippen molar-refractivity contribution in [3.05, 3.63) is 194 Å². The Bertz CT molecular complexity index is 2600. The van der Waals surface area contributed by atoms with E-state index in [1.165, 1.54) is 33.0 Å². The van der Waals surface area contributed by atoms with E-state index in [9.17, 15) is 0 Å². The average Bonchev–Trinajstić information content (AvgIpc) is 3.21. The molecule has 0 bridgehead atoms. The van der Waals surface area contributed by atoms with Gasteiger partial charge in [0, 0.05) is 22.1 Å². The quantitative estimate of drug-likeness (QED) is 0.170. The highest BCUT2D eigenvalue weighted by molar-refractivity contribution is 6.14. The van der Waals surface area contributed by atoms with E-state index in [2.05, 4.69) is 182 Å². The van der Waals surface area contributed by atoms with E-state index in [0.717, 1.165) is 55.8 Å². The molecule has 2 heterocycles. The summed E-state index contributed by atoms with van der Waals surface area (Å²) in [4.78, 5) is 10.4. The maximum Gasteiger partial charge on any atom is 0.0722 e. The molecule has 9 aromatic rings. The molecule has 0 spiro atoms. The first-order valence-electron chi connectivity index (χ1n) is 17.0. The van der Waals surface area contributed by atoms with Gasteiger partial charge in [0.05, 0.1) is 22.6 Å². The van der Waals surface area contributed by atoms with Crippen LogP contribution in [0.5, 0.6) is 0 Å². The topological polar surface area (TPSA) is 25.8 Å². The van der Waals surface area contributed by atoms with Gasteiger partial charge in [-0.05, 0) is 74.5 Å². The number of pyridine rings is 2. The van der Waals surface area contributed by atoms with Crippen LogP contribution in [-0.4, -0.2) is 9.97 Å². The first-order valence-corrected chi connectivity index (χ1v) is 17.0. The van der Waals surface area contributed by atoms with Gasteiger partial charge >= 0.3 is 0 Å². The molecule has 0 amide bonds. The molecule has 0 aliphatic heterocycles. The second-order valence-electron chi connectivity index (χ2n) is 12.6. The summed E-state index contributed by atoms with van der Waals surface area (Å²) in [7, 11) is 0. The molecule has 0 saturated carbocycles. The van der Waals surface area contributed by atoms with Crippen LogP contribution in [0.25, 0.3) is 88.8 Å². The third kappa shape index (κ3) is 5.63. The first-order chi connectivity index (χ1) is 24.8. The molecular weight excluding hydrogens is 605 g/mol. The molecule has 0 saturated heterocycles. The second-order valence-corrected chi connectivity index (χ2v) is 12.6. The SMILES string of the molecule is c1ccc(-c2ccc(-c3cc(-c4ccc5ccc6nc(-c7ccccc7)cc(-c7ccccc7)c6c5c4)cc(-c4ccccc4)n3)cc2)cc1. The lowest BCUT2D eigenvalue weighted by atomic mass is 9.92. The van der Waals surface area contributed by atoms with Gasteiger partial charge in [0.25, 0.3) is 0 Å². The number of fused-ring (bicyclic) bond motifs is 3. The largest absolute Gasteiger partial charge is 0.248 e. The maximum atomic E-state index is 5.21. The number of hydrogen-bond donors (Lipinski definition) is 0. The number of nitrogens with zero attached hydrogens (tertiary/aromatic N) is 2. The molecule has 0 atom stereocenters. The number of benzene rings is 7. The zero-order valence-electron chi connectivity index (χ0n) is 27.4. The van der Waals surface area contributed by atoms with Crippen molar-refractivity contribution in [3.8, 4) is 67.2 Å². The highest BCUT2D eigenvalue weighted by Gasteiger charge is 2.15. The molecule has 0 radical (unpaired) electrons. The van der Waals surface area contributed by atoms with E-state index in [4.69, 9.17) is 9.97 Å². The molecule has 50 heavy (non-hydrogen) atoms. The van der Waals surface area contributed by atoms with Crippen LogP contribution >= 0.6 is 0 Å². The Morgan fingerprint density at radius 3 is 1.32 bits per heavy atom. The van der Waals surface area contributed by atoms with Crippen LogP contribution in [0, 0.1) is 0 Å². The van der Waals surface area contributed by atoms with Crippen molar-refractivity contribution in [3.63, 3.8) is 0 Å². The minimum atomic E-state index is 0.943. The molecule has 2 nitrogen and oxygen atoms in total. The van der Waals surface area contributed by atoms with E-state index in [0.29, 0.717) is 0 Å². The minimum absolute atomic E-state index is 0.943. The summed E-state index contributed by atoms with van der Waals surface area (Å²) in [5.41, 5.74) is 14.1. The van der Waals surface area contributed by atoms with Gasteiger partial charge in [-0.1, -0.05) is 164 Å². The lowest BCUT2D eigenvalue weighted by Crippen LogP contribution is -1.93. The van der Waals surface area contributed by atoms with Gasteiger partial charge in [-0.15, -0.1) is 0 Å². The Hall–Kier alpha value is -6.64. The Labute approximate surface area is 292 Å². The fraction of sp³-hybridized carbons (Fsp3) is 0. The van der Waals surface area contributed by atoms with Gasteiger partial charge in [0.1, 0.15) is 0 Å². The van der Waals surface area contributed by atoms with Gasteiger partial charge in [-0.3, -0.25) is 0 Å². The van der Waals surface area contributed by atoms with E-state index < -0.39 is 0 Å². The van der Waals surface area contributed by atoms with Crippen molar-refractivity contribution in [2.24, 2.45) is 0 Å². The van der Waals surface area contributed by atoms with Gasteiger partial charge in [-0.25, -0.2) is 9.97 Å². The average molecular weight is 637 g/mol. The molecule has 2 aromatic heterocycles. The van der Waals surface area contributed by atoms with Gasteiger partial charge < -0.3 is 0 Å². The predicted octanol–water partition coefficient (Wildman–Crippen LogP) is 12.8. The molecule has 9 rings (SSSR count). The standard InChI is InChI=1S/C48H32N2/c1-5-13-33(14-6-1)34-21-24-39(25-22-34)46-31-41(30-45(50-46)37-17-9-3-10-18-37)40-26-23-36-27-28-44-48(42(36)29-40)43(35-15-7-2-8-16-35)32-47(49-44)38-19-11-4-12-20-38/h1-32H. The summed E-state index contributed by atoms with van der Waals surface area (Å²) in [5, 5.41) is 3.52. The summed E-state index contributed by atoms with van der Waals surface area (Å²) in [6.45, 7) is 0. The van der Waals surface area contributed by atoms with Crippen LogP contribution < -0.4 is 0 Å².